The Labute approximate surface area is 201 Å². The first kappa shape index (κ1) is 24.4. The van der Waals surface area contributed by atoms with Crippen molar-refractivity contribution in [1.82, 2.24) is 25.5 Å². The highest BCUT2D eigenvalue weighted by molar-refractivity contribution is 5.97. The molecule has 0 spiro atoms. The minimum Gasteiger partial charge on any atom is -0.391 e. The second kappa shape index (κ2) is 11.1. The summed E-state index contributed by atoms with van der Waals surface area (Å²) in [5, 5.41) is 15.6. The van der Waals surface area contributed by atoms with E-state index in [-0.39, 0.29) is 41.8 Å². The first-order chi connectivity index (χ1) is 16.9. The molecular weight excluding hydrogens is 453 g/mol. The molecular formula is C25H26FN5O4. The van der Waals surface area contributed by atoms with E-state index in [1.807, 2.05) is 23.1 Å². The van der Waals surface area contributed by atoms with Gasteiger partial charge in [0, 0.05) is 31.7 Å². The molecule has 9 nitrogen and oxygen atoms in total. The molecule has 0 radical (unpaired) electrons. The van der Waals surface area contributed by atoms with Gasteiger partial charge in [-0.15, -0.1) is 0 Å². The van der Waals surface area contributed by atoms with E-state index in [0.29, 0.717) is 30.8 Å². The third kappa shape index (κ3) is 6.04. The largest absolute Gasteiger partial charge is 0.391 e. The quantitative estimate of drug-likeness (QED) is 0.357. The van der Waals surface area contributed by atoms with Gasteiger partial charge in [-0.2, -0.15) is 0 Å². The number of nitrogens with zero attached hydrogens (tertiary/aromatic N) is 2. The van der Waals surface area contributed by atoms with Crippen molar-refractivity contribution in [3.05, 3.63) is 99.0 Å². The number of rotatable bonds is 8. The molecule has 3 aromatic rings. The van der Waals surface area contributed by atoms with E-state index >= 15 is 0 Å². The molecule has 1 fully saturated rings. The summed E-state index contributed by atoms with van der Waals surface area (Å²) in [5.74, 6) is -0.777. The molecule has 1 unspecified atom stereocenters. The Kier molecular flexibility index (Phi) is 7.76. The summed E-state index contributed by atoms with van der Waals surface area (Å²) in [4.78, 5) is 47.0. The number of nitrogens with one attached hydrogen (secondary N) is 3. The van der Waals surface area contributed by atoms with Crippen LogP contribution in [0.2, 0.25) is 0 Å². The van der Waals surface area contributed by atoms with Crippen molar-refractivity contribution in [2.45, 2.75) is 19.2 Å². The first-order valence-electron chi connectivity index (χ1n) is 11.2. The zero-order valence-corrected chi connectivity index (χ0v) is 19.0. The van der Waals surface area contributed by atoms with Crippen LogP contribution in [-0.4, -0.2) is 57.8 Å². The number of aliphatic hydroxyl groups is 1. The minimum absolute atomic E-state index is 0.0100. The van der Waals surface area contributed by atoms with E-state index in [1.54, 1.807) is 12.1 Å². The van der Waals surface area contributed by atoms with Crippen LogP contribution in [0.5, 0.6) is 0 Å². The lowest BCUT2D eigenvalue weighted by molar-refractivity contribution is 0.0902. The van der Waals surface area contributed by atoms with Crippen LogP contribution in [0.1, 0.15) is 43.8 Å². The lowest BCUT2D eigenvalue weighted by Crippen LogP contribution is -2.48. The molecule has 35 heavy (non-hydrogen) atoms. The summed E-state index contributed by atoms with van der Waals surface area (Å²) in [6, 6.07) is 14.2. The van der Waals surface area contributed by atoms with E-state index in [1.165, 1.54) is 24.3 Å². The molecule has 0 saturated carbocycles. The Morgan fingerprint density at radius 3 is 2.60 bits per heavy atom. The molecule has 1 aliphatic rings. The number of hydrogen-bond donors (Lipinski definition) is 4. The van der Waals surface area contributed by atoms with Gasteiger partial charge in [0.1, 0.15) is 17.3 Å². The lowest BCUT2D eigenvalue weighted by Gasteiger charge is -2.32. The molecule has 2 aromatic carbocycles. The highest BCUT2D eigenvalue weighted by Crippen LogP contribution is 2.15. The predicted octanol–water partition coefficient (Wildman–Crippen LogP) is 1.16. The number of hydrogen-bond acceptors (Lipinski definition) is 7. The third-order valence-corrected chi connectivity index (χ3v) is 5.83. The fourth-order valence-electron chi connectivity index (χ4n) is 3.94. The van der Waals surface area contributed by atoms with Gasteiger partial charge in [0.15, 0.2) is 5.78 Å². The van der Waals surface area contributed by atoms with Crippen molar-refractivity contribution in [2.75, 3.05) is 26.2 Å². The highest BCUT2D eigenvalue weighted by Gasteiger charge is 2.27. The van der Waals surface area contributed by atoms with Gasteiger partial charge in [-0.3, -0.25) is 19.3 Å². The summed E-state index contributed by atoms with van der Waals surface area (Å²) >= 11 is 0. The number of carbonyl (C=O) groups excluding carboxylic acids is 2. The van der Waals surface area contributed by atoms with Crippen LogP contribution in [-0.2, 0) is 13.2 Å². The number of ketones is 1. The average molecular weight is 480 g/mol. The number of carbonyl (C=O) groups is 2. The lowest BCUT2D eigenvalue weighted by atomic mass is 10.1. The number of piperazine rings is 1. The molecule has 0 aliphatic carbocycles. The van der Waals surface area contributed by atoms with E-state index < -0.39 is 24.1 Å². The van der Waals surface area contributed by atoms with Crippen molar-refractivity contribution >= 4 is 11.7 Å². The summed E-state index contributed by atoms with van der Waals surface area (Å²) < 4.78 is 13.1. The number of amides is 1. The van der Waals surface area contributed by atoms with Gasteiger partial charge in [0.2, 0.25) is 0 Å². The molecule has 2 heterocycles. The van der Waals surface area contributed by atoms with E-state index in [4.69, 9.17) is 0 Å². The van der Waals surface area contributed by atoms with Crippen molar-refractivity contribution in [1.29, 1.82) is 0 Å². The molecule has 1 atom stereocenters. The smallest absolute Gasteiger partial charge is 0.270 e. The fourth-order valence-corrected chi connectivity index (χ4v) is 3.94. The third-order valence-electron chi connectivity index (χ3n) is 5.83. The normalized spacial score (nSPS) is 16.1. The zero-order chi connectivity index (χ0) is 24.8. The SMILES string of the molecule is O=C(CN1CCNC(c2nc(C(=O)NCc3ccc(F)cc3)c(CO)c(=O)[nH]2)C1)c1ccccc1. The second-order valence-electron chi connectivity index (χ2n) is 8.28. The molecule has 1 aromatic heterocycles. The monoisotopic (exact) mass is 479 g/mol. The van der Waals surface area contributed by atoms with Gasteiger partial charge in [0.05, 0.1) is 24.8 Å². The van der Waals surface area contributed by atoms with Gasteiger partial charge < -0.3 is 20.7 Å². The van der Waals surface area contributed by atoms with E-state index in [9.17, 15) is 23.9 Å². The number of aliphatic hydroxyl groups excluding tert-OH is 1. The highest BCUT2D eigenvalue weighted by atomic mass is 19.1. The standard InChI is InChI=1S/C25H26FN5O4/c26-18-8-6-16(7-9-18)12-28-25(35)22-19(15-32)24(34)30-23(29-22)20-13-31(11-10-27-20)14-21(33)17-4-2-1-3-5-17/h1-9,20,27,32H,10-15H2,(H,28,35)(H,29,30,34). The van der Waals surface area contributed by atoms with Crippen molar-refractivity contribution < 1.29 is 19.1 Å². The van der Waals surface area contributed by atoms with Gasteiger partial charge >= 0.3 is 0 Å². The van der Waals surface area contributed by atoms with Crippen molar-refractivity contribution in [3.63, 3.8) is 0 Å². The Morgan fingerprint density at radius 1 is 1.14 bits per heavy atom. The summed E-state index contributed by atoms with van der Waals surface area (Å²) in [7, 11) is 0. The molecule has 10 heteroatoms. The van der Waals surface area contributed by atoms with Gasteiger partial charge in [-0.1, -0.05) is 42.5 Å². The topological polar surface area (TPSA) is 127 Å². The van der Waals surface area contributed by atoms with Crippen molar-refractivity contribution in [2.24, 2.45) is 0 Å². The number of aromatic amines is 1. The predicted molar refractivity (Wildman–Crippen MR) is 126 cm³/mol. The van der Waals surface area contributed by atoms with Crippen LogP contribution in [0.3, 0.4) is 0 Å². The number of halogens is 1. The van der Waals surface area contributed by atoms with Gasteiger partial charge in [0.25, 0.3) is 11.5 Å². The molecule has 1 amide bonds. The van der Waals surface area contributed by atoms with Gasteiger partial charge in [-0.05, 0) is 17.7 Å². The van der Waals surface area contributed by atoms with Crippen LogP contribution >= 0.6 is 0 Å². The summed E-state index contributed by atoms with van der Waals surface area (Å²) in [5.41, 5.74) is 0.373. The molecule has 0 bridgehead atoms. The first-order valence-corrected chi connectivity index (χ1v) is 11.2. The summed E-state index contributed by atoms with van der Waals surface area (Å²) in [6.07, 6.45) is 0. The molecule has 1 aliphatic heterocycles. The minimum atomic E-state index is -0.655. The number of H-pyrrole nitrogens is 1. The number of benzene rings is 2. The van der Waals surface area contributed by atoms with Gasteiger partial charge in [-0.25, -0.2) is 9.37 Å². The summed E-state index contributed by atoms with van der Waals surface area (Å²) in [6.45, 7) is 1.26. The number of Topliss-reactive ketones (excluding diaryl/α,β-unsaturated/α-hetero) is 1. The van der Waals surface area contributed by atoms with Crippen LogP contribution in [0, 0.1) is 5.82 Å². The molecule has 1 saturated heterocycles. The zero-order valence-electron chi connectivity index (χ0n) is 19.0. The number of aromatic nitrogens is 2. The Hall–Kier alpha value is -3.73. The van der Waals surface area contributed by atoms with Crippen molar-refractivity contribution in [3.8, 4) is 0 Å². The van der Waals surface area contributed by atoms with Crippen LogP contribution in [0.4, 0.5) is 4.39 Å². The maximum absolute atomic E-state index is 13.1. The average Bonchev–Trinajstić information content (AvgIpc) is 2.88. The Balaban J connectivity index is 1.49. The maximum atomic E-state index is 13.1. The molecule has 182 valence electrons. The van der Waals surface area contributed by atoms with E-state index in [2.05, 4.69) is 20.6 Å². The Bertz CT molecular complexity index is 1250. The molecule has 4 N–H and O–H groups in total. The van der Waals surface area contributed by atoms with Crippen LogP contribution < -0.4 is 16.2 Å². The molecule has 4 rings (SSSR count). The van der Waals surface area contributed by atoms with E-state index in [0.717, 1.165) is 0 Å². The van der Waals surface area contributed by atoms with Crippen LogP contribution in [0.15, 0.2) is 59.4 Å². The maximum Gasteiger partial charge on any atom is 0.270 e. The van der Waals surface area contributed by atoms with Crippen LogP contribution in [0.25, 0.3) is 0 Å². The Morgan fingerprint density at radius 2 is 1.89 bits per heavy atom. The second-order valence-corrected chi connectivity index (χ2v) is 8.28. The fraction of sp³-hybridized carbons (Fsp3) is 0.280.